The van der Waals surface area contributed by atoms with E-state index in [1.54, 1.807) is 22.9 Å². The van der Waals surface area contributed by atoms with Crippen molar-refractivity contribution >= 4 is 40.5 Å². The summed E-state index contributed by atoms with van der Waals surface area (Å²) in [4.78, 5) is 76.8. The van der Waals surface area contributed by atoms with Crippen molar-refractivity contribution < 1.29 is 38.3 Å². The molecule has 7 atom stereocenters. The standard InChI is InChI=1S/C43H59N5O8/c1-6-28(3)37-42(52)47-25-17-16-24-36(47)41(51)44-33(22-13-9-12-20-31(7-2)56-43(53)38(54-4)29-18-10-8-11-19-29)39(49)45-34(40(50)46-37)26-30-27-48(55-5)35-23-15-14-21-32(30)35/h8,10-11,14-15,18-19,21,23,27-28,31,33-34,36-38H,6-7,9,12-13,16-17,20,22,24-26H2,1-5H3,(H,44,51)(H,45,49)(H,46,50)/t28-,31-,33-,34-,36+,37-,38-/m0/s1. The van der Waals surface area contributed by atoms with Gasteiger partial charge in [0, 0.05) is 31.7 Å². The first kappa shape index (κ1) is 42.2. The molecule has 0 radical (unpaired) electrons. The number of benzene rings is 2. The average molecular weight is 774 g/mol. The highest BCUT2D eigenvalue weighted by molar-refractivity contribution is 5.98. The number of ether oxygens (including phenoxy) is 2. The van der Waals surface area contributed by atoms with Gasteiger partial charge in [-0.3, -0.25) is 19.2 Å². The van der Waals surface area contributed by atoms with Crippen molar-refractivity contribution in [2.75, 3.05) is 20.8 Å². The number of unbranched alkanes of at least 4 members (excludes halogenated alkanes) is 2. The van der Waals surface area contributed by atoms with Crippen molar-refractivity contribution in [1.82, 2.24) is 25.6 Å². The zero-order chi connectivity index (χ0) is 40.2. The Kier molecular flexibility index (Phi) is 15.3. The molecule has 3 aromatic rings. The molecule has 2 aromatic carbocycles. The fourth-order valence-corrected chi connectivity index (χ4v) is 7.82. The van der Waals surface area contributed by atoms with Crippen LogP contribution in [0.4, 0.5) is 0 Å². The number of methoxy groups -OCH3 is 1. The third-order valence-corrected chi connectivity index (χ3v) is 11.3. The second-order valence-corrected chi connectivity index (χ2v) is 15.1. The van der Waals surface area contributed by atoms with Crippen LogP contribution < -0.4 is 20.8 Å². The van der Waals surface area contributed by atoms with Crippen LogP contribution in [0.5, 0.6) is 0 Å². The van der Waals surface area contributed by atoms with Crippen LogP contribution >= 0.6 is 0 Å². The van der Waals surface area contributed by atoms with Crippen molar-refractivity contribution in [2.45, 2.75) is 128 Å². The molecule has 3 N–H and O–H groups in total. The molecule has 56 heavy (non-hydrogen) atoms. The van der Waals surface area contributed by atoms with Crippen molar-refractivity contribution in [2.24, 2.45) is 5.92 Å². The fraction of sp³-hybridized carbons (Fsp3) is 0.558. The topological polar surface area (TPSA) is 157 Å². The maximum atomic E-state index is 14.2. The van der Waals surface area contributed by atoms with E-state index >= 15 is 0 Å². The first-order valence-electron chi connectivity index (χ1n) is 20.2. The van der Waals surface area contributed by atoms with Gasteiger partial charge in [-0.2, -0.15) is 4.73 Å². The normalized spacial score (nSPS) is 22.4. The lowest BCUT2D eigenvalue weighted by Crippen LogP contribution is -2.64. The van der Waals surface area contributed by atoms with E-state index in [9.17, 15) is 24.0 Å². The third kappa shape index (κ3) is 10.3. The number of esters is 1. The Labute approximate surface area is 330 Å². The SMILES string of the molecule is CC[C@@H](CCCCC[C@@H]1NC(=O)[C@H]2CCCCN2C(=O)[C@H]([C@@H](C)CC)NC(=O)[C@H](Cc2cn(OC)c3ccccc23)NC1=O)OC(=O)[C@@H](OC)c1ccccc1. The molecule has 0 spiro atoms. The van der Waals surface area contributed by atoms with Crippen LogP contribution in [-0.4, -0.2) is 90.3 Å². The molecular formula is C43H59N5O8. The number of amides is 4. The van der Waals surface area contributed by atoms with Crippen molar-refractivity contribution in [3.8, 4) is 0 Å². The molecule has 0 unspecified atom stereocenters. The second kappa shape index (κ2) is 20.3. The second-order valence-electron chi connectivity index (χ2n) is 15.1. The maximum absolute atomic E-state index is 14.2. The number of hydrogen-bond donors (Lipinski definition) is 3. The lowest BCUT2D eigenvalue weighted by molar-refractivity contribution is -0.162. The van der Waals surface area contributed by atoms with Crippen LogP contribution in [0.15, 0.2) is 60.8 Å². The van der Waals surface area contributed by atoms with Crippen molar-refractivity contribution in [3.05, 3.63) is 71.9 Å². The first-order chi connectivity index (χ1) is 27.1. The Balaban J connectivity index is 1.32. The molecule has 2 aliphatic heterocycles. The highest BCUT2D eigenvalue weighted by atomic mass is 16.6. The van der Waals surface area contributed by atoms with Gasteiger partial charge in [0.15, 0.2) is 6.10 Å². The number of hydrogen-bond acceptors (Lipinski definition) is 8. The van der Waals surface area contributed by atoms with Gasteiger partial charge in [0.05, 0.1) is 5.52 Å². The quantitative estimate of drug-likeness (QED) is 0.139. The molecule has 2 aliphatic rings. The number of carbonyl (C=O) groups is 5. The van der Waals surface area contributed by atoms with Crippen LogP contribution in [0, 0.1) is 5.92 Å². The minimum atomic E-state index is -1.04. The first-order valence-corrected chi connectivity index (χ1v) is 20.2. The van der Waals surface area contributed by atoms with E-state index in [2.05, 4.69) is 16.0 Å². The average Bonchev–Trinajstić information content (AvgIpc) is 3.58. The number of nitrogens with zero attached hydrogens (tertiary/aromatic N) is 2. The molecule has 0 saturated carbocycles. The molecule has 1 aromatic heterocycles. The highest BCUT2D eigenvalue weighted by Crippen LogP contribution is 2.25. The minimum absolute atomic E-state index is 0.133. The van der Waals surface area contributed by atoms with Gasteiger partial charge in [-0.1, -0.05) is 88.6 Å². The number of carbonyl (C=O) groups excluding carboxylic acids is 5. The Morgan fingerprint density at radius 1 is 0.839 bits per heavy atom. The molecular weight excluding hydrogens is 715 g/mol. The predicted octanol–water partition coefficient (Wildman–Crippen LogP) is 4.80. The molecule has 0 bridgehead atoms. The van der Waals surface area contributed by atoms with Gasteiger partial charge < -0.3 is 35.2 Å². The summed E-state index contributed by atoms with van der Waals surface area (Å²) in [5, 5.41) is 9.84. The Morgan fingerprint density at radius 3 is 2.27 bits per heavy atom. The number of nitrogens with one attached hydrogen (secondary N) is 3. The Hall–Kier alpha value is -4.91. The van der Waals surface area contributed by atoms with E-state index in [0.717, 1.165) is 41.3 Å². The highest BCUT2D eigenvalue weighted by Gasteiger charge is 2.41. The van der Waals surface area contributed by atoms with Crippen molar-refractivity contribution in [3.63, 3.8) is 0 Å². The largest absolute Gasteiger partial charge is 0.460 e. The summed E-state index contributed by atoms with van der Waals surface area (Å²) in [5.41, 5.74) is 2.32. The molecule has 0 aliphatic carbocycles. The van der Waals surface area contributed by atoms with Crippen molar-refractivity contribution in [1.29, 1.82) is 0 Å². The lowest BCUT2D eigenvalue weighted by Gasteiger charge is -2.39. The zero-order valence-electron chi connectivity index (χ0n) is 33.5. The Morgan fingerprint density at radius 2 is 1.55 bits per heavy atom. The molecule has 5 rings (SSSR count). The van der Waals surface area contributed by atoms with E-state index in [1.165, 1.54) is 7.11 Å². The van der Waals surface area contributed by atoms with Gasteiger partial charge in [-0.05, 0) is 68.1 Å². The van der Waals surface area contributed by atoms with E-state index in [4.69, 9.17) is 14.3 Å². The number of fused-ring (bicyclic) bond motifs is 2. The van der Waals surface area contributed by atoms with Gasteiger partial charge in [0.25, 0.3) is 0 Å². The van der Waals surface area contributed by atoms with Crippen LogP contribution in [0.25, 0.3) is 10.9 Å². The summed E-state index contributed by atoms with van der Waals surface area (Å²) >= 11 is 0. The third-order valence-electron chi connectivity index (χ3n) is 11.3. The van der Waals surface area contributed by atoms with E-state index in [1.807, 2.05) is 75.4 Å². The molecule has 13 heteroatoms. The number of para-hydroxylation sites is 1. The summed E-state index contributed by atoms with van der Waals surface area (Å²) in [7, 11) is 3.04. The molecule has 4 amide bonds. The minimum Gasteiger partial charge on any atom is -0.460 e. The molecule has 2 fully saturated rings. The summed E-state index contributed by atoms with van der Waals surface area (Å²) < 4.78 is 12.9. The summed E-state index contributed by atoms with van der Waals surface area (Å²) in [6.07, 6.45) is 7.07. The lowest BCUT2D eigenvalue weighted by atomic mass is 9.93. The van der Waals surface area contributed by atoms with E-state index in [-0.39, 0.29) is 30.3 Å². The molecule has 2 saturated heterocycles. The van der Waals surface area contributed by atoms with Gasteiger partial charge in [0.1, 0.15) is 37.4 Å². The van der Waals surface area contributed by atoms with Crippen LogP contribution in [0.2, 0.25) is 0 Å². The number of aromatic nitrogens is 1. The molecule has 304 valence electrons. The maximum Gasteiger partial charge on any atom is 0.340 e. The Bertz CT molecular complexity index is 1800. The van der Waals surface area contributed by atoms with Gasteiger partial charge >= 0.3 is 5.97 Å². The van der Waals surface area contributed by atoms with Gasteiger partial charge in [-0.15, -0.1) is 0 Å². The number of piperidine rings is 1. The summed E-state index contributed by atoms with van der Waals surface area (Å²) in [6, 6.07) is 13.3. The van der Waals surface area contributed by atoms with Crippen LogP contribution in [0.1, 0.15) is 102 Å². The van der Waals surface area contributed by atoms with Crippen LogP contribution in [0.3, 0.4) is 0 Å². The summed E-state index contributed by atoms with van der Waals surface area (Å²) in [5.74, 6) is -2.21. The van der Waals surface area contributed by atoms with Gasteiger partial charge in [-0.25, -0.2) is 4.79 Å². The monoisotopic (exact) mass is 773 g/mol. The van der Waals surface area contributed by atoms with E-state index in [0.29, 0.717) is 51.5 Å². The number of rotatable bonds is 16. The molecule has 3 heterocycles. The predicted molar refractivity (Wildman–Crippen MR) is 212 cm³/mol. The molecule has 13 nitrogen and oxygen atoms in total. The van der Waals surface area contributed by atoms with E-state index < -0.39 is 48.1 Å². The zero-order valence-corrected chi connectivity index (χ0v) is 33.5. The van der Waals surface area contributed by atoms with Gasteiger partial charge in [0.2, 0.25) is 23.6 Å². The smallest absolute Gasteiger partial charge is 0.340 e. The fourth-order valence-electron chi connectivity index (χ4n) is 7.82. The van der Waals surface area contributed by atoms with Crippen LogP contribution in [-0.2, 0) is 39.9 Å². The summed E-state index contributed by atoms with van der Waals surface area (Å²) in [6.45, 7) is 6.24.